The van der Waals surface area contributed by atoms with Crippen LogP contribution in [0.4, 0.5) is 0 Å². The van der Waals surface area contributed by atoms with E-state index in [1.165, 1.54) is 0 Å². The van der Waals surface area contributed by atoms with Crippen LogP contribution in [0.1, 0.15) is 12.8 Å². The standard InChI is InChI=1S/C10H9NO2/c1-7(6-12)10-11-8-4-2-3-5-9(8)13-10/h2-6,12H,1H3/b7-6+. The molecule has 0 atom stereocenters. The summed E-state index contributed by atoms with van der Waals surface area (Å²) in [6.07, 6.45) is 0.991. The molecule has 0 saturated carbocycles. The molecule has 1 aromatic carbocycles. The molecular formula is C10H9NO2. The Labute approximate surface area is 75.3 Å². The predicted octanol–water partition coefficient (Wildman–Crippen LogP) is 2.75. The predicted molar refractivity (Wildman–Crippen MR) is 50.3 cm³/mol. The molecule has 1 aromatic heterocycles. The van der Waals surface area contributed by atoms with Gasteiger partial charge in [-0.3, -0.25) is 0 Å². The number of benzene rings is 1. The third kappa shape index (κ3) is 1.28. The van der Waals surface area contributed by atoms with Crippen LogP contribution in [0.5, 0.6) is 0 Å². The van der Waals surface area contributed by atoms with Crippen LogP contribution in [-0.4, -0.2) is 10.1 Å². The molecule has 1 N–H and O–H groups in total. The molecule has 1 heterocycles. The van der Waals surface area contributed by atoms with Crippen LogP contribution >= 0.6 is 0 Å². The quantitative estimate of drug-likeness (QED) is 0.678. The number of oxazole rings is 1. The molecule has 0 aliphatic carbocycles. The third-order valence-corrected chi connectivity index (χ3v) is 1.82. The van der Waals surface area contributed by atoms with Crippen LogP contribution in [0.3, 0.4) is 0 Å². The number of aliphatic hydroxyl groups is 1. The van der Waals surface area contributed by atoms with E-state index in [0.717, 1.165) is 17.4 Å². The summed E-state index contributed by atoms with van der Waals surface area (Å²) in [5, 5.41) is 8.75. The summed E-state index contributed by atoms with van der Waals surface area (Å²) in [5.74, 6) is 0.462. The van der Waals surface area contributed by atoms with Gasteiger partial charge in [-0.05, 0) is 19.1 Å². The van der Waals surface area contributed by atoms with E-state index in [4.69, 9.17) is 9.52 Å². The molecule has 3 heteroatoms. The van der Waals surface area contributed by atoms with Gasteiger partial charge in [0.2, 0.25) is 5.89 Å². The van der Waals surface area contributed by atoms with Crippen LogP contribution in [0.15, 0.2) is 34.9 Å². The van der Waals surface area contributed by atoms with Gasteiger partial charge in [0, 0.05) is 5.57 Å². The second kappa shape index (κ2) is 2.94. The van der Waals surface area contributed by atoms with E-state index < -0.39 is 0 Å². The Morgan fingerprint density at radius 1 is 1.46 bits per heavy atom. The van der Waals surface area contributed by atoms with Gasteiger partial charge in [0.15, 0.2) is 5.58 Å². The van der Waals surface area contributed by atoms with Crippen molar-refractivity contribution in [3.8, 4) is 0 Å². The lowest BCUT2D eigenvalue weighted by atomic mass is 10.3. The summed E-state index contributed by atoms with van der Waals surface area (Å²) in [6.45, 7) is 1.74. The van der Waals surface area contributed by atoms with Crippen LogP contribution < -0.4 is 0 Å². The summed E-state index contributed by atoms with van der Waals surface area (Å²) >= 11 is 0. The SMILES string of the molecule is C/C(=C\O)c1nc2ccccc2o1. The number of fused-ring (bicyclic) bond motifs is 1. The molecule has 0 amide bonds. The van der Waals surface area contributed by atoms with Crippen molar-refractivity contribution < 1.29 is 9.52 Å². The zero-order valence-electron chi connectivity index (χ0n) is 7.19. The molecule has 0 spiro atoms. The zero-order chi connectivity index (χ0) is 9.26. The number of nitrogens with zero attached hydrogens (tertiary/aromatic N) is 1. The molecule has 0 saturated heterocycles. The molecule has 0 unspecified atom stereocenters. The van der Waals surface area contributed by atoms with Gasteiger partial charge in [0.05, 0.1) is 6.26 Å². The Balaban J connectivity index is 2.62. The number of hydrogen-bond donors (Lipinski definition) is 1. The largest absolute Gasteiger partial charge is 0.515 e. The highest BCUT2D eigenvalue weighted by atomic mass is 16.3. The van der Waals surface area contributed by atoms with E-state index in [0.29, 0.717) is 11.5 Å². The molecule has 13 heavy (non-hydrogen) atoms. The second-order valence-electron chi connectivity index (χ2n) is 2.80. The van der Waals surface area contributed by atoms with Crippen molar-refractivity contribution in [2.24, 2.45) is 0 Å². The first-order valence-corrected chi connectivity index (χ1v) is 3.98. The minimum Gasteiger partial charge on any atom is -0.515 e. The highest BCUT2D eigenvalue weighted by molar-refractivity contribution is 5.75. The van der Waals surface area contributed by atoms with Crippen molar-refractivity contribution in [1.29, 1.82) is 0 Å². The molecule has 2 aromatic rings. The monoisotopic (exact) mass is 175 g/mol. The van der Waals surface area contributed by atoms with E-state index in [-0.39, 0.29) is 0 Å². The molecule has 0 fully saturated rings. The fraction of sp³-hybridized carbons (Fsp3) is 0.100. The van der Waals surface area contributed by atoms with E-state index in [1.807, 2.05) is 24.3 Å². The average molecular weight is 175 g/mol. The number of hydrogen-bond acceptors (Lipinski definition) is 3. The molecule has 0 radical (unpaired) electrons. The second-order valence-corrected chi connectivity index (χ2v) is 2.80. The number of para-hydroxylation sites is 2. The first-order chi connectivity index (χ1) is 6.31. The van der Waals surface area contributed by atoms with E-state index >= 15 is 0 Å². The summed E-state index contributed by atoms with van der Waals surface area (Å²) in [4.78, 5) is 4.19. The summed E-state index contributed by atoms with van der Waals surface area (Å²) < 4.78 is 5.38. The highest BCUT2D eigenvalue weighted by Crippen LogP contribution is 2.19. The third-order valence-electron chi connectivity index (χ3n) is 1.82. The zero-order valence-corrected chi connectivity index (χ0v) is 7.19. The number of rotatable bonds is 1. The Bertz CT molecular complexity index is 424. The maximum absolute atomic E-state index is 8.75. The summed E-state index contributed by atoms with van der Waals surface area (Å²) in [7, 11) is 0. The molecular weight excluding hydrogens is 166 g/mol. The van der Waals surface area contributed by atoms with Gasteiger partial charge in [-0.25, -0.2) is 4.98 Å². The van der Waals surface area contributed by atoms with Crippen molar-refractivity contribution in [2.45, 2.75) is 6.92 Å². The molecule has 0 bridgehead atoms. The highest BCUT2D eigenvalue weighted by Gasteiger charge is 2.05. The fourth-order valence-corrected chi connectivity index (χ4v) is 1.10. The van der Waals surface area contributed by atoms with Gasteiger partial charge < -0.3 is 9.52 Å². The normalized spacial score (nSPS) is 12.2. The Morgan fingerprint density at radius 2 is 2.23 bits per heavy atom. The summed E-state index contributed by atoms with van der Waals surface area (Å²) in [6, 6.07) is 7.49. The lowest BCUT2D eigenvalue weighted by Crippen LogP contribution is -1.76. The number of aliphatic hydroxyl groups excluding tert-OH is 1. The maximum atomic E-state index is 8.75. The fourth-order valence-electron chi connectivity index (χ4n) is 1.10. The van der Waals surface area contributed by atoms with Crippen molar-refractivity contribution in [2.75, 3.05) is 0 Å². The molecule has 3 nitrogen and oxygen atoms in total. The Hall–Kier alpha value is -1.77. The lowest BCUT2D eigenvalue weighted by Gasteiger charge is -1.87. The van der Waals surface area contributed by atoms with Crippen molar-refractivity contribution in [1.82, 2.24) is 4.98 Å². The van der Waals surface area contributed by atoms with Gasteiger partial charge in [-0.15, -0.1) is 0 Å². The first kappa shape index (κ1) is 7.86. The number of aromatic nitrogens is 1. The first-order valence-electron chi connectivity index (χ1n) is 3.98. The minimum absolute atomic E-state index is 0.462. The van der Waals surface area contributed by atoms with E-state index in [9.17, 15) is 0 Å². The maximum Gasteiger partial charge on any atom is 0.226 e. The molecule has 66 valence electrons. The smallest absolute Gasteiger partial charge is 0.226 e. The molecule has 0 aliphatic heterocycles. The van der Waals surface area contributed by atoms with Gasteiger partial charge in [0.25, 0.3) is 0 Å². The van der Waals surface area contributed by atoms with Gasteiger partial charge in [-0.2, -0.15) is 0 Å². The van der Waals surface area contributed by atoms with Gasteiger partial charge in [-0.1, -0.05) is 12.1 Å². The number of allylic oxidation sites excluding steroid dienone is 1. The minimum atomic E-state index is 0.462. The van der Waals surface area contributed by atoms with Gasteiger partial charge in [0.1, 0.15) is 5.52 Å². The van der Waals surface area contributed by atoms with Crippen LogP contribution in [0.25, 0.3) is 16.7 Å². The Kier molecular flexibility index (Phi) is 1.77. The van der Waals surface area contributed by atoms with Crippen LogP contribution in [0, 0.1) is 0 Å². The van der Waals surface area contributed by atoms with Gasteiger partial charge >= 0.3 is 0 Å². The van der Waals surface area contributed by atoms with Crippen molar-refractivity contribution in [3.63, 3.8) is 0 Å². The average Bonchev–Trinajstić information content (AvgIpc) is 2.59. The van der Waals surface area contributed by atoms with Crippen LogP contribution in [-0.2, 0) is 0 Å². The van der Waals surface area contributed by atoms with Crippen LogP contribution in [0.2, 0.25) is 0 Å². The topological polar surface area (TPSA) is 46.3 Å². The van der Waals surface area contributed by atoms with E-state index in [2.05, 4.69) is 4.98 Å². The lowest BCUT2D eigenvalue weighted by molar-refractivity contribution is 0.471. The summed E-state index contributed by atoms with van der Waals surface area (Å²) in [5.41, 5.74) is 2.16. The van der Waals surface area contributed by atoms with Crippen molar-refractivity contribution >= 4 is 16.7 Å². The Morgan fingerprint density at radius 3 is 2.92 bits per heavy atom. The molecule has 2 rings (SSSR count). The molecule has 0 aliphatic rings. The van der Waals surface area contributed by atoms with Crippen molar-refractivity contribution in [3.05, 3.63) is 36.4 Å². The van der Waals surface area contributed by atoms with E-state index in [1.54, 1.807) is 6.92 Å².